The molecule has 0 saturated heterocycles. The van der Waals surface area contributed by atoms with E-state index in [0.717, 1.165) is 12.0 Å². The van der Waals surface area contributed by atoms with Crippen LogP contribution in [0.4, 0.5) is 0 Å². The summed E-state index contributed by atoms with van der Waals surface area (Å²) in [5.74, 6) is 0. The van der Waals surface area contributed by atoms with Gasteiger partial charge in [-0.15, -0.1) is 0 Å². The van der Waals surface area contributed by atoms with Crippen LogP contribution in [0.15, 0.2) is 42.5 Å². The summed E-state index contributed by atoms with van der Waals surface area (Å²) in [5, 5.41) is 10.3. The number of aryl methyl sites for hydroxylation is 3. The van der Waals surface area contributed by atoms with Gasteiger partial charge < -0.3 is 5.11 Å². The van der Waals surface area contributed by atoms with Gasteiger partial charge >= 0.3 is 0 Å². The lowest BCUT2D eigenvalue weighted by Crippen LogP contribution is -2.02. The molecule has 0 aromatic heterocycles. The van der Waals surface area contributed by atoms with Crippen LogP contribution in [0.2, 0.25) is 0 Å². The molecule has 0 spiro atoms. The van der Waals surface area contributed by atoms with E-state index in [0.29, 0.717) is 6.42 Å². The van der Waals surface area contributed by atoms with Crippen LogP contribution in [-0.4, -0.2) is 5.11 Å². The zero-order chi connectivity index (χ0) is 13.8. The average Bonchev–Trinajstić information content (AvgIpc) is 2.37. The smallest absolute Gasteiger partial charge is 0.0830 e. The van der Waals surface area contributed by atoms with E-state index in [1.165, 1.54) is 22.3 Å². The highest BCUT2D eigenvalue weighted by Crippen LogP contribution is 2.20. The van der Waals surface area contributed by atoms with E-state index in [1.807, 2.05) is 12.1 Å². The lowest BCUT2D eigenvalue weighted by Gasteiger charge is -2.13. The van der Waals surface area contributed by atoms with Gasteiger partial charge in [-0.3, -0.25) is 0 Å². The van der Waals surface area contributed by atoms with Gasteiger partial charge in [-0.2, -0.15) is 0 Å². The first-order chi connectivity index (χ1) is 9.08. The SMILES string of the molecule is CCc1ccc(C(O)Cc2cc(C)cc(C)c2)cc1. The fourth-order valence-corrected chi connectivity index (χ4v) is 2.50. The van der Waals surface area contributed by atoms with Gasteiger partial charge in [-0.05, 0) is 37.0 Å². The van der Waals surface area contributed by atoms with Gasteiger partial charge in [-0.25, -0.2) is 0 Å². The maximum Gasteiger partial charge on any atom is 0.0830 e. The van der Waals surface area contributed by atoms with E-state index in [1.54, 1.807) is 0 Å². The quantitative estimate of drug-likeness (QED) is 0.869. The molecular weight excluding hydrogens is 232 g/mol. The van der Waals surface area contributed by atoms with Crippen molar-refractivity contribution < 1.29 is 5.11 Å². The molecule has 2 aromatic carbocycles. The maximum atomic E-state index is 10.3. The number of hydrogen-bond donors (Lipinski definition) is 1. The highest BCUT2D eigenvalue weighted by atomic mass is 16.3. The van der Waals surface area contributed by atoms with Gasteiger partial charge in [0.15, 0.2) is 0 Å². The largest absolute Gasteiger partial charge is 0.388 e. The van der Waals surface area contributed by atoms with E-state index < -0.39 is 6.10 Å². The zero-order valence-corrected chi connectivity index (χ0v) is 12.0. The third-order valence-corrected chi connectivity index (χ3v) is 3.48. The molecule has 0 aliphatic heterocycles. The highest BCUT2D eigenvalue weighted by Gasteiger charge is 2.09. The molecule has 1 heteroatoms. The first-order valence-electron chi connectivity index (χ1n) is 6.92. The molecule has 0 bridgehead atoms. The van der Waals surface area contributed by atoms with Crippen LogP contribution in [0.5, 0.6) is 0 Å². The number of benzene rings is 2. The first kappa shape index (κ1) is 13.8. The Bertz CT molecular complexity index is 520. The summed E-state index contributed by atoms with van der Waals surface area (Å²) in [6.45, 7) is 6.33. The minimum Gasteiger partial charge on any atom is -0.388 e. The average molecular weight is 254 g/mol. The van der Waals surface area contributed by atoms with Crippen LogP contribution < -0.4 is 0 Å². The minimum absolute atomic E-state index is 0.424. The Morgan fingerprint density at radius 1 is 0.895 bits per heavy atom. The molecule has 0 saturated carbocycles. The van der Waals surface area contributed by atoms with Crippen molar-refractivity contribution in [1.29, 1.82) is 0 Å². The third-order valence-electron chi connectivity index (χ3n) is 3.48. The topological polar surface area (TPSA) is 20.2 Å². The molecule has 1 atom stereocenters. The summed E-state index contributed by atoms with van der Waals surface area (Å²) in [6, 6.07) is 14.7. The van der Waals surface area contributed by atoms with Crippen molar-refractivity contribution in [1.82, 2.24) is 0 Å². The summed E-state index contributed by atoms with van der Waals surface area (Å²) in [7, 11) is 0. The lowest BCUT2D eigenvalue weighted by atomic mass is 9.97. The fourth-order valence-electron chi connectivity index (χ4n) is 2.50. The summed E-state index contributed by atoms with van der Waals surface area (Å²) in [6.07, 6.45) is 1.29. The monoisotopic (exact) mass is 254 g/mol. The van der Waals surface area contributed by atoms with Gasteiger partial charge in [0.25, 0.3) is 0 Å². The predicted octanol–water partition coefficient (Wildman–Crippen LogP) is 4.14. The standard InChI is InChI=1S/C18H22O/c1-4-15-5-7-17(8-6-15)18(19)12-16-10-13(2)9-14(3)11-16/h5-11,18-19H,4,12H2,1-3H3. The predicted molar refractivity (Wildman–Crippen MR) is 80.4 cm³/mol. The maximum absolute atomic E-state index is 10.3. The van der Waals surface area contributed by atoms with Crippen LogP contribution in [0, 0.1) is 13.8 Å². The van der Waals surface area contributed by atoms with E-state index in [-0.39, 0.29) is 0 Å². The van der Waals surface area contributed by atoms with E-state index in [9.17, 15) is 5.11 Å². The van der Waals surface area contributed by atoms with Crippen molar-refractivity contribution in [2.45, 2.75) is 39.7 Å². The van der Waals surface area contributed by atoms with Crippen molar-refractivity contribution in [3.63, 3.8) is 0 Å². The van der Waals surface area contributed by atoms with Crippen molar-refractivity contribution in [2.24, 2.45) is 0 Å². The molecule has 1 N–H and O–H groups in total. The van der Waals surface area contributed by atoms with Crippen LogP contribution in [0.1, 0.15) is 40.8 Å². The van der Waals surface area contributed by atoms with E-state index in [4.69, 9.17) is 0 Å². The Morgan fingerprint density at radius 2 is 1.47 bits per heavy atom. The summed E-state index contributed by atoms with van der Waals surface area (Å²) >= 11 is 0. The van der Waals surface area contributed by atoms with Gasteiger partial charge in [0.1, 0.15) is 0 Å². The van der Waals surface area contributed by atoms with Gasteiger partial charge in [-0.1, -0.05) is 60.5 Å². The van der Waals surface area contributed by atoms with Gasteiger partial charge in [0.05, 0.1) is 6.10 Å². The molecule has 0 amide bonds. The van der Waals surface area contributed by atoms with Crippen LogP contribution in [0.25, 0.3) is 0 Å². The second kappa shape index (κ2) is 6.03. The number of aliphatic hydroxyl groups is 1. The first-order valence-corrected chi connectivity index (χ1v) is 6.92. The Labute approximate surface area is 115 Å². The van der Waals surface area contributed by atoms with E-state index >= 15 is 0 Å². The zero-order valence-electron chi connectivity index (χ0n) is 12.0. The fraction of sp³-hybridized carbons (Fsp3) is 0.333. The lowest BCUT2D eigenvalue weighted by molar-refractivity contribution is 0.178. The number of rotatable bonds is 4. The number of aliphatic hydroxyl groups excluding tert-OH is 1. The van der Waals surface area contributed by atoms with E-state index in [2.05, 4.69) is 51.1 Å². The molecule has 100 valence electrons. The Balaban J connectivity index is 2.13. The van der Waals surface area contributed by atoms with Crippen LogP contribution in [-0.2, 0) is 12.8 Å². The van der Waals surface area contributed by atoms with Crippen molar-refractivity contribution in [3.05, 3.63) is 70.3 Å². The van der Waals surface area contributed by atoms with Crippen molar-refractivity contribution >= 4 is 0 Å². The summed E-state index contributed by atoms with van der Waals surface area (Å²) in [4.78, 5) is 0. The molecule has 0 fully saturated rings. The van der Waals surface area contributed by atoms with Crippen molar-refractivity contribution in [2.75, 3.05) is 0 Å². The van der Waals surface area contributed by atoms with Crippen LogP contribution >= 0.6 is 0 Å². The minimum atomic E-state index is -0.424. The molecular formula is C18H22O. The highest BCUT2D eigenvalue weighted by molar-refractivity contribution is 5.31. The second-order valence-corrected chi connectivity index (χ2v) is 5.31. The summed E-state index contributed by atoms with van der Waals surface area (Å²) < 4.78 is 0. The van der Waals surface area contributed by atoms with Gasteiger partial charge in [0.2, 0.25) is 0 Å². The summed E-state index contributed by atoms with van der Waals surface area (Å²) in [5.41, 5.74) is 6.01. The third kappa shape index (κ3) is 3.68. The molecule has 0 heterocycles. The Hall–Kier alpha value is -1.60. The second-order valence-electron chi connectivity index (χ2n) is 5.31. The molecule has 0 aliphatic carbocycles. The molecule has 0 aliphatic rings. The van der Waals surface area contributed by atoms with Crippen LogP contribution in [0.3, 0.4) is 0 Å². The molecule has 0 radical (unpaired) electrons. The molecule has 2 aromatic rings. The number of hydrogen-bond acceptors (Lipinski definition) is 1. The molecule has 2 rings (SSSR count). The molecule has 1 unspecified atom stereocenters. The Kier molecular flexibility index (Phi) is 4.39. The Morgan fingerprint density at radius 3 is 2.00 bits per heavy atom. The van der Waals surface area contributed by atoms with Gasteiger partial charge in [0, 0.05) is 6.42 Å². The molecule has 19 heavy (non-hydrogen) atoms. The van der Waals surface area contributed by atoms with Crippen molar-refractivity contribution in [3.8, 4) is 0 Å². The normalized spacial score (nSPS) is 12.4. The molecule has 1 nitrogen and oxygen atoms in total.